The van der Waals surface area contributed by atoms with E-state index in [1.165, 1.54) is 43.7 Å². The normalized spacial score (nSPS) is 10.5. The van der Waals surface area contributed by atoms with Gasteiger partial charge in [0.05, 0.1) is 25.4 Å². The standard InChI is InChI=1S/C17H16FN3O4/c1-25-15-8-11(6-7-14(15)22)9-20-21-16(23)10-19-17(24)12-4-2-3-5-13(12)18/h2-9,22H,10H2,1H3,(H,19,24)(H,21,23)/b20-9+. The van der Waals surface area contributed by atoms with Gasteiger partial charge in [0.1, 0.15) is 5.82 Å². The van der Waals surface area contributed by atoms with Gasteiger partial charge in [-0.1, -0.05) is 12.1 Å². The first kappa shape index (κ1) is 17.9. The van der Waals surface area contributed by atoms with E-state index in [9.17, 15) is 19.1 Å². The van der Waals surface area contributed by atoms with Crippen LogP contribution in [0.4, 0.5) is 4.39 Å². The van der Waals surface area contributed by atoms with Crippen LogP contribution < -0.4 is 15.5 Å². The number of hydrazone groups is 1. The van der Waals surface area contributed by atoms with Crippen molar-refractivity contribution in [3.63, 3.8) is 0 Å². The molecular weight excluding hydrogens is 329 g/mol. The number of aromatic hydroxyl groups is 1. The minimum atomic E-state index is -0.694. The first-order valence-corrected chi connectivity index (χ1v) is 7.23. The summed E-state index contributed by atoms with van der Waals surface area (Å²) in [4.78, 5) is 23.4. The molecule has 2 rings (SSSR count). The van der Waals surface area contributed by atoms with Gasteiger partial charge in [0.25, 0.3) is 11.8 Å². The van der Waals surface area contributed by atoms with Crippen molar-refractivity contribution in [3.8, 4) is 11.5 Å². The Balaban J connectivity index is 1.84. The maximum absolute atomic E-state index is 13.4. The molecule has 2 aromatic carbocycles. The van der Waals surface area contributed by atoms with Crippen LogP contribution in [0.25, 0.3) is 0 Å². The number of benzene rings is 2. The number of hydrogen-bond donors (Lipinski definition) is 3. The monoisotopic (exact) mass is 345 g/mol. The SMILES string of the molecule is COc1cc(/C=N/NC(=O)CNC(=O)c2ccccc2F)ccc1O. The second-order valence-electron chi connectivity index (χ2n) is 4.89. The van der Waals surface area contributed by atoms with Gasteiger partial charge >= 0.3 is 0 Å². The van der Waals surface area contributed by atoms with Crippen molar-refractivity contribution in [1.82, 2.24) is 10.7 Å². The number of carbonyl (C=O) groups is 2. The van der Waals surface area contributed by atoms with Crippen LogP contribution in [0.5, 0.6) is 11.5 Å². The topological polar surface area (TPSA) is 100 Å². The van der Waals surface area contributed by atoms with Gasteiger partial charge in [-0.05, 0) is 35.9 Å². The summed E-state index contributed by atoms with van der Waals surface area (Å²) in [5.41, 5.74) is 2.67. The third kappa shape index (κ3) is 5.03. The van der Waals surface area contributed by atoms with Gasteiger partial charge in [-0.15, -0.1) is 0 Å². The number of nitrogens with zero attached hydrogens (tertiary/aromatic N) is 1. The molecular formula is C17H16FN3O4. The molecule has 0 fully saturated rings. The molecule has 0 saturated carbocycles. The van der Waals surface area contributed by atoms with E-state index in [4.69, 9.17) is 4.74 Å². The molecule has 25 heavy (non-hydrogen) atoms. The Labute approximate surface area is 143 Å². The van der Waals surface area contributed by atoms with Crippen LogP contribution in [0.15, 0.2) is 47.6 Å². The largest absolute Gasteiger partial charge is 0.504 e. The number of phenolic OH excluding ortho intramolecular Hbond substituents is 1. The van der Waals surface area contributed by atoms with E-state index in [0.717, 1.165) is 6.07 Å². The molecule has 0 radical (unpaired) electrons. The highest BCUT2D eigenvalue weighted by Crippen LogP contribution is 2.25. The van der Waals surface area contributed by atoms with E-state index in [1.807, 2.05) is 0 Å². The molecule has 8 heteroatoms. The summed E-state index contributed by atoms with van der Waals surface area (Å²) in [6, 6.07) is 10.00. The Morgan fingerprint density at radius 1 is 1.28 bits per heavy atom. The summed E-state index contributed by atoms with van der Waals surface area (Å²) in [6.45, 7) is -0.358. The number of halogens is 1. The molecule has 0 heterocycles. The van der Waals surface area contributed by atoms with Crippen molar-refractivity contribution in [2.45, 2.75) is 0 Å². The minimum absolute atomic E-state index is 0.0143. The van der Waals surface area contributed by atoms with E-state index in [1.54, 1.807) is 6.07 Å². The van der Waals surface area contributed by atoms with E-state index in [2.05, 4.69) is 15.8 Å². The highest BCUT2D eigenvalue weighted by Gasteiger charge is 2.11. The average molecular weight is 345 g/mol. The number of carbonyl (C=O) groups excluding carboxylic acids is 2. The maximum Gasteiger partial charge on any atom is 0.259 e. The van der Waals surface area contributed by atoms with Crippen molar-refractivity contribution < 1.29 is 23.8 Å². The number of nitrogens with one attached hydrogen (secondary N) is 2. The molecule has 130 valence electrons. The zero-order chi connectivity index (χ0) is 18.2. The summed E-state index contributed by atoms with van der Waals surface area (Å²) in [5.74, 6) is -1.68. The predicted molar refractivity (Wildman–Crippen MR) is 89.1 cm³/mol. The third-order valence-corrected chi connectivity index (χ3v) is 3.13. The van der Waals surface area contributed by atoms with Gasteiger partial charge in [-0.3, -0.25) is 9.59 Å². The fourth-order valence-electron chi connectivity index (χ4n) is 1.89. The average Bonchev–Trinajstić information content (AvgIpc) is 2.61. The Kier molecular flexibility index (Phi) is 6.05. The van der Waals surface area contributed by atoms with Crippen LogP contribution in [0, 0.1) is 5.82 Å². The molecule has 0 aliphatic heterocycles. The summed E-state index contributed by atoms with van der Waals surface area (Å²) in [6.07, 6.45) is 1.35. The first-order valence-electron chi connectivity index (χ1n) is 7.23. The van der Waals surface area contributed by atoms with Crippen molar-refractivity contribution >= 4 is 18.0 Å². The van der Waals surface area contributed by atoms with Crippen molar-refractivity contribution in [3.05, 3.63) is 59.4 Å². The lowest BCUT2D eigenvalue weighted by molar-refractivity contribution is -0.120. The summed E-state index contributed by atoms with van der Waals surface area (Å²) in [7, 11) is 1.41. The molecule has 0 bridgehead atoms. The highest BCUT2D eigenvalue weighted by molar-refractivity contribution is 5.96. The van der Waals surface area contributed by atoms with Gasteiger partial charge in [0.15, 0.2) is 11.5 Å². The fourth-order valence-corrected chi connectivity index (χ4v) is 1.89. The first-order chi connectivity index (χ1) is 12.0. The van der Waals surface area contributed by atoms with Gasteiger partial charge in [-0.2, -0.15) is 5.10 Å². The number of amides is 2. The lowest BCUT2D eigenvalue weighted by atomic mass is 10.2. The molecule has 2 amide bonds. The molecule has 0 atom stereocenters. The molecule has 0 unspecified atom stereocenters. The fraction of sp³-hybridized carbons (Fsp3) is 0.118. The highest BCUT2D eigenvalue weighted by atomic mass is 19.1. The number of methoxy groups -OCH3 is 1. The van der Waals surface area contributed by atoms with E-state index >= 15 is 0 Å². The van der Waals surface area contributed by atoms with Crippen LogP contribution in [-0.2, 0) is 4.79 Å². The predicted octanol–water partition coefficient (Wildman–Crippen LogP) is 1.42. The van der Waals surface area contributed by atoms with Crippen LogP contribution in [-0.4, -0.2) is 36.8 Å². The maximum atomic E-state index is 13.4. The van der Waals surface area contributed by atoms with Crippen molar-refractivity contribution in [2.24, 2.45) is 5.10 Å². The molecule has 2 aromatic rings. The second kappa shape index (κ2) is 8.44. The smallest absolute Gasteiger partial charge is 0.259 e. The van der Waals surface area contributed by atoms with E-state index in [0.29, 0.717) is 5.56 Å². The minimum Gasteiger partial charge on any atom is -0.504 e. The summed E-state index contributed by atoms with van der Waals surface area (Å²) in [5, 5.41) is 15.5. The molecule has 3 N–H and O–H groups in total. The van der Waals surface area contributed by atoms with Crippen LogP contribution in [0.2, 0.25) is 0 Å². The Morgan fingerprint density at radius 3 is 2.76 bits per heavy atom. The number of ether oxygens (including phenoxy) is 1. The Hall–Kier alpha value is -3.42. The molecule has 0 aliphatic rings. The number of rotatable bonds is 6. The van der Waals surface area contributed by atoms with Gasteiger partial charge in [-0.25, -0.2) is 9.82 Å². The lowest BCUT2D eigenvalue weighted by Gasteiger charge is -2.05. The third-order valence-electron chi connectivity index (χ3n) is 3.13. The zero-order valence-corrected chi connectivity index (χ0v) is 13.3. The molecule has 0 saturated heterocycles. The van der Waals surface area contributed by atoms with E-state index < -0.39 is 17.6 Å². The lowest BCUT2D eigenvalue weighted by Crippen LogP contribution is -2.35. The second-order valence-corrected chi connectivity index (χ2v) is 4.89. The summed E-state index contributed by atoms with van der Waals surface area (Å²) >= 11 is 0. The molecule has 7 nitrogen and oxygen atoms in total. The summed E-state index contributed by atoms with van der Waals surface area (Å²) < 4.78 is 18.4. The Morgan fingerprint density at radius 2 is 2.04 bits per heavy atom. The molecule has 0 aliphatic carbocycles. The molecule has 0 aromatic heterocycles. The van der Waals surface area contributed by atoms with Crippen molar-refractivity contribution in [2.75, 3.05) is 13.7 Å². The quantitative estimate of drug-likeness (QED) is 0.544. The van der Waals surface area contributed by atoms with E-state index in [-0.39, 0.29) is 23.6 Å². The zero-order valence-electron chi connectivity index (χ0n) is 13.3. The van der Waals surface area contributed by atoms with Crippen LogP contribution in [0.1, 0.15) is 15.9 Å². The van der Waals surface area contributed by atoms with Crippen molar-refractivity contribution in [1.29, 1.82) is 0 Å². The Bertz CT molecular complexity index is 808. The number of phenols is 1. The van der Waals surface area contributed by atoms with Gasteiger partial charge in [0, 0.05) is 0 Å². The molecule has 0 spiro atoms. The van der Waals surface area contributed by atoms with Crippen LogP contribution in [0.3, 0.4) is 0 Å². The van der Waals surface area contributed by atoms with Gasteiger partial charge in [0.2, 0.25) is 0 Å². The van der Waals surface area contributed by atoms with Gasteiger partial charge < -0.3 is 15.2 Å². The number of hydrogen-bond acceptors (Lipinski definition) is 5. The van der Waals surface area contributed by atoms with Crippen LogP contribution >= 0.6 is 0 Å².